The maximum atomic E-state index is 13.2. The summed E-state index contributed by atoms with van der Waals surface area (Å²) in [6.07, 6.45) is 1.65. The van der Waals surface area contributed by atoms with Gasteiger partial charge in [0.2, 0.25) is 11.7 Å². The van der Waals surface area contributed by atoms with Crippen molar-refractivity contribution in [1.82, 2.24) is 30.0 Å². The normalized spacial score (nSPS) is 16.3. The number of nitrogens with zero attached hydrogens (tertiary/aromatic N) is 6. The van der Waals surface area contributed by atoms with Crippen LogP contribution in [0.15, 0.2) is 59.1 Å². The Kier molecular flexibility index (Phi) is 5.22. The topological polar surface area (TPSA) is 89.9 Å². The molecule has 9 heteroatoms. The average molecular weight is 432 g/mol. The Bertz CT molecular complexity index is 1240. The lowest BCUT2D eigenvalue weighted by atomic mass is 9.97. The van der Waals surface area contributed by atoms with Crippen LogP contribution >= 0.6 is 0 Å². The highest BCUT2D eigenvalue weighted by molar-refractivity contribution is 5.93. The van der Waals surface area contributed by atoms with Gasteiger partial charge in [0, 0.05) is 18.7 Å². The molecule has 0 radical (unpaired) electrons. The molecule has 0 unspecified atom stereocenters. The van der Waals surface area contributed by atoms with Crippen LogP contribution in [-0.4, -0.2) is 49.0 Å². The van der Waals surface area contributed by atoms with Crippen LogP contribution in [0.5, 0.6) is 0 Å². The molecule has 0 spiro atoms. The zero-order chi connectivity index (χ0) is 22.1. The van der Waals surface area contributed by atoms with Crippen LogP contribution < -0.4 is 0 Å². The van der Waals surface area contributed by atoms with Gasteiger partial charge in [-0.05, 0) is 56.2 Å². The number of halogens is 1. The smallest absolute Gasteiger partial charge is 0.276 e. The van der Waals surface area contributed by atoms with Crippen LogP contribution in [-0.2, 0) is 0 Å². The molecule has 1 fully saturated rings. The van der Waals surface area contributed by atoms with Gasteiger partial charge < -0.3 is 9.42 Å². The van der Waals surface area contributed by atoms with Crippen LogP contribution in [0.2, 0.25) is 0 Å². The molecule has 1 saturated heterocycles. The highest BCUT2D eigenvalue weighted by Crippen LogP contribution is 2.28. The average Bonchev–Trinajstić information content (AvgIpc) is 3.47. The van der Waals surface area contributed by atoms with E-state index < -0.39 is 0 Å². The first-order valence-corrected chi connectivity index (χ1v) is 10.5. The van der Waals surface area contributed by atoms with Crippen molar-refractivity contribution < 1.29 is 13.7 Å². The number of para-hydroxylation sites is 1. The van der Waals surface area contributed by atoms with Crippen LogP contribution in [0, 0.1) is 12.7 Å². The Hall–Kier alpha value is -3.88. The van der Waals surface area contributed by atoms with Crippen molar-refractivity contribution in [3.05, 3.63) is 77.7 Å². The van der Waals surface area contributed by atoms with E-state index in [-0.39, 0.29) is 17.6 Å². The fourth-order valence-corrected chi connectivity index (χ4v) is 3.88. The highest BCUT2D eigenvalue weighted by atomic mass is 19.1. The van der Waals surface area contributed by atoms with E-state index in [0.717, 1.165) is 18.5 Å². The molecule has 5 rings (SSSR count). The van der Waals surface area contributed by atoms with E-state index in [0.29, 0.717) is 41.8 Å². The number of amides is 1. The number of carbonyl (C=O) groups is 1. The van der Waals surface area contributed by atoms with Crippen LogP contribution in [0.1, 0.15) is 40.8 Å². The zero-order valence-corrected chi connectivity index (χ0v) is 17.5. The number of hydrogen-bond donors (Lipinski definition) is 0. The van der Waals surface area contributed by atoms with E-state index in [1.54, 1.807) is 24.0 Å². The van der Waals surface area contributed by atoms with Crippen molar-refractivity contribution in [2.45, 2.75) is 25.7 Å². The van der Waals surface area contributed by atoms with Crippen molar-refractivity contribution in [2.24, 2.45) is 0 Å². The molecule has 1 amide bonds. The molecule has 0 N–H and O–H groups in total. The number of carbonyl (C=O) groups excluding carboxylic acids is 1. The summed E-state index contributed by atoms with van der Waals surface area (Å²) in [7, 11) is 0. The molecule has 2 aromatic heterocycles. The maximum Gasteiger partial charge on any atom is 0.276 e. The van der Waals surface area contributed by atoms with Gasteiger partial charge in [0.05, 0.1) is 17.3 Å². The molecule has 32 heavy (non-hydrogen) atoms. The van der Waals surface area contributed by atoms with Crippen molar-refractivity contribution in [3.63, 3.8) is 0 Å². The third-order valence-corrected chi connectivity index (χ3v) is 5.57. The first-order chi connectivity index (χ1) is 15.6. The van der Waals surface area contributed by atoms with Crippen LogP contribution in [0.3, 0.4) is 0 Å². The van der Waals surface area contributed by atoms with E-state index in [4.69, 9.17) is 4.52 Å². The minimum absolute atomic E-state index is 0.0705. The van der Waals surface area contributed by atoms with Gasteiger partial charge in [-0.1, -0.05) is 23.4 Å². The number of rotatable bonds is 4. The Labute approximate surface area is 183 Å². The predicted molar refractivity (Wildman–Crippen MR) is 114 cm³/mol. The summed E-state index contributed by atoms with van der Waals surface area (Å²) < 4.78 is 18.7. The van der Waals surface area contributed by atoms with Crippen LogP contribution in [0.25, 0.3) is 17.1 Å². The molecule has 3 heterocycles. The Morgan fingerprint density at radius 1 is 1.09 bits per heavy atom. The predicted octanol–water partition coefficient (Wildman–Crippen LogP) is 3.78. The van der Waals surface area contributed by atoms with Gasteiger partial charge in [-0.2, -0.15) is 14.9 Å². The SMILES string of the molecule is Cc1nn(-c2ccccc2)nc1C(=O)N1CCC[C@H](c2nc(-c3ccc(F)cc3)no2)C1. The van der Waals surface area contributed by atoms with Gasteiger partial charge in [-0.15, -0.1) is 5.10 Å². The van der Waals surface area contributed by atoms with Crippen molar-refractivity contribution >= 4 is 5.91 Å². The second-order valence-electron chi connectivity index (χ2n) is 7.81. The highest BCUT2D eigenvalue weighted by Gasteiger charge is 2.31. The van der Waals surface area contributed by atoms with E-state index >= 15 is 0 Å². The molecule has 4 aromatic rings. The van der Waals surface area contributed by atoms with Gasteiger partial charge in [0.1, 0.15) is 5.82 Å². The summed E-state index contributed by atoms with van der Waals surface area (Å²) in [5, 5.41) is 12.9. The molecular weight excluding hydrogens is 411 g/mol. The largest absolute Gasteiger partial charge is 0.339 e. The monoisotopic (exact) mass is 432 g/mol. The lowest BCUT2D eigenvalue weighted by molar-refractivity contribution is 0.0688. The number of likely N-dealkylation sites (tertiary alicyclic amines) is 1. The number of benzene rings is 2. The lowest BCUT2D eigenvalue weighted by Gasteiger charge is -2.30. The number of hydrogen-bond acceptors (Lipinski definition) is 6. The van der Waals surface area contributed by atoms with E-state index in [2.05, 4.69) is 20.3 Å². The Balaban J connectivity index is 1.33. The number of piperidine rings is 1. The lowest BCUT2D eigenvalue weighted by Crippen LogP contribution is -2.39. The van der Waals surface area contributed by atoms with Crippen molar-refractivity contribution in [1.29, 1.82) is 0 Å². The minimum atomic E-state index is -0.321. The van der Waals surface area contributed by atoms with Gasteiger partial charge >= 0.3 is 0 Å². The molecule has 1 atom stereocenters. The second-order valence-corrected chi connectivity index (χ2v) is 7.81. The summed E-state index contributed by atoms with van der Waals surface area (Å²) in [5.41, 5.74) is 2.40. The fraction of sp³-hybridized carbons (Fsp3) is 0.261. The third-order valence-electron chi connectivity index (χ3n) is 5.57. The molecule has 1 aliphatic rings. The maximum absolute atomic E-state index is 13.2. The molecule has 0 bridgehead atoms. The summed E-state index contributed by atoms with van der Waals surface area (Å²) in [6, 6.07) is 15.4. The minimum Gasteiger partial charge on any atom is -0.339 e. The molecule has 1 aliphatic heterocycles. The van der Waals surface area contributed by atoms with Crippen molar-refractivity contribution in [2.75, 3.05) is 13.1 Å². The fourth-order valence-electron chi connectivity index (χ4n) is 3.88. The van der Waals surface area contributed by atoms with E-state index in [1.807, 2.05) is 30.3 Å². The van der Waals surface area contributed by atoms with Crippen LogP contribution in [0.4, 0.5) is 4.39 Å². The molecule has 162 valence electrons. The van der Waals surface area contributed by atoms with Crippen molar-refractivity contribution in [3.8, 4) is 17.1 Å². The number of aryl methyl sites for hydroxylation is 1. The quantitative estimate of drug-likeness (QED) is 0.487. The first kappa shape index (κ1) is 20.0. The summed E-state index contributed by atoms with van der Waals surface area (Å²) >= 11 is 0. The van der Waals surface area contributed by atoms with Gasteiger partial charge in [-0.3, -0.25) is 4.79 Å². The third kappa shape index (κ3) is 3.89. The van der Waals surface area contributed by atoms with E-state index in [9.17, 15) is 9.18 Å². The standard InChI is InChI=1S/C23H21FN6O2/c1-15-20(27-30(26-15)19-7-3-2-4-8-19)23(31)29-13-5-6-17(14-29)22-25-21(28-32-22)16-9-11-18(24)12-10-16/h2-4,7-12,17H,5-6,13-14H2,1H3/t17-/m0/s1. The Morgan fingerprint density at radius 3 is 2.66 bits per heavy atom. The molecule has 8 nitrogen and oxygen atoms in total. The molecular formula is C23H21FN6O2. The second kappa shape index (κ2) is 8.33. The van der Waals surface area contributed by atoms with Gasteiger partial charge in [0.15, 0.2) is 5.69 Å². The zero-order valence-electron chi connectivity index (χ0n) is 17.5. The summed E-state index contributed by atoms with van der Waals surface area (Å²) in [5.74, 6) is 0.335. The summed E-state index contributed by atoms with van der Waals surface area (Å²) in [6.45, 7) is 2.88. The Morgan fingerprint density at radius 2 is 1.88 bits per heavy atom. The van der Waals surface area contributed by atoms with E-state index in [1.165, 1.54) is 16.9 Å². The molecule has 0 saturated carbocycles. The first-order valence-electron chi connectivity index (χ1n) is 10.5. The van der Waals surface area contributed by atoms with Gasteiger partial charge in [-0.25, -0.2) is 4.39 Å². The molecule has 0 aliphatic carbocycles. The summed E-state index contributed by atoms with van der Waals surface area (Å²) in [4.78, 5) is 20.9. The molecule has 2 aromatic carbocycles. The number of aromatic nitrogens is 5. The van der Waals surface area contributed by atoms with Gasteiger partial charge in [0.25, 0.3) is 5.91 Å².